The number of amides is 5. The third-order valence-corrected chi connectivity index (χ3v) is 14.9. The van der Waals surface area contributed by atoms with E-state index >= 15 is 0 Å². The highest BCUT2D eigenvalue weighted by atomic mass is 16.8. The highest BCUT2D eigenvalue weighted by Gasteiger charge is 2.54. The molecular weight excluding hydrogens is 1180 g/mol. The van der Waals surface area contributed by atoms with Crippen LogP contribution < -0.4 is 31.9 Å². The summed E-state index contributed by atoms with van der Waals surface area (Å²) in [7, 11) is 0. The third-order valence-electron chi connectivity index (χ3n) is 14.9. The van der Waals surface area contributed by atoms with Crippen LogP contribution in [0.4, 0.5) is 24.0 Å². The molecule has 486 valence electrons. The van der Waals surface area contributed by atoms with Gasteiger partial charge in [-0.05, 0) is 34.2 Å². The maximum absolute atomic E-state index is 14.0. The molecule has 26 heteroatoms. The van der Waals surface area contributed by atoms with E-state index in [1.807, 2.05) is 48.5 Å². The number of carbonyl (C=O) groups excluding carboxylic acids is 5. The summed E-state index contributed by atoms with van der Waals surface area (Å²) < 4.78 is 66.5. The van der Waals surface area contributed by atoms with Crippen LogP contribution >= 0.6 is 0 Å². The second-order valence-corrected chi connectivity index (χ2v) is 21.5. The van der Waals surface area contributed by atoms with Crippen molar-refractivity contribution in [2.24, 2.45) is 0 Å². The summed E-state index contributed by atoms with van der Waals surface area (Å²) >= 11 is 0. The van der Waals surface area contributed by atoms with E-state index in [-0.39, 0.29) is 65.7 Å². The number of hydrogen-bond acceptors (Lipinski definition) is 21. The Morgan fingerprint density at radius 2 is 0.791 bits per heavy atom. The van der Waals surface area contributed by atoms with E-state index in [4.69, 9.17) is 52.1 Å². The van der Waals surface area contributed by atoms with Crippen molar-refractivity contribution in [1.82, 2.24) is 31.9 Å². The van der Waals surface area contributed by atoms with Gasteiger partial charge < -0.3 is 104 Å². The van der Waals surface area contributed by atoms with Gasteiger partial charge in [0.2, 0.25) is 0 Å². The molecule has 26 nitrogen and oxygen atoms in total. The van der Waals surface area contributed by atoms with Crippen LogP contribution in [0.1, 0.15) is 34.2 Å². The van der Waals surface area contributed by atoms with Gasteiger partial charge in [-0.15, -0.1) is 0 Å². The molecule has 5 aromatic rings. The van der Waals surface area contributed by atoms with Crippen LogP contribution in [-0.2, 0) is 85.1 Å². The second-order valence-electron chi connectivity index (χ2n) is 21.5. The first-order valence-electron chi connectivity index (χ1n) is 29.8. The van der Waals surface area contributed by atoms with E-state index in [0.717, 1.165) is 11.1 Å². The Labute approximate surface area is 525 Å². The lowest BCUT2D eigenvalue weighted by Gasteiger charge is -2.47. The fourth-order valence-electron chi connectivity index (χ4n) is 10.3. The molecule has 3 aliphatic heterocycles. The molecule has 3 heterocycles. The van der Waals surface area contributed by atoms with Crippen LogP contribution in [0.25, 0.3) is 0 Å². The Morgan fingerprint density at radius 3 is 1.19 bits per heavy atom. The number of hydrogen-bond donors (Lipinski definition) is 10. The molecule has 5 aromatic carbocycles. The fourth-order valence-corrected chi connectivity index (χ4v) is 10.3. The maximum atomic E-state index is 14.0. The van der Waals surface area contributed by atoms with Gasteiger partial charge in [0.05, 0.1) is 50.7 Å². The van der Waals surface area contributed by atoms with Gasteiger partial charge in [-0.25, -0.2) is 24.0 Å². The van der Waals surface area contributed by atoms with Crippen LogP contribution in [0.5, 0.6) is 0 Å². The first kappa shape index (κ1) is 66.9. The zero-order valence-corrected chi connectivity index (χ0v) is 49.5. The zero-order chi connectivity index (χ0) is 63.7. The minimum Gasteiger partial charge on any atom is -0.445 e. The predicted molar refractivity (Wildman–Crippen MR) is 321 cm³/mol. The molecule has 10 N–H and O–H groups in total. The maximum Gasteiger partial charge on any atom is 0.408 e. The van der Waals surface area contributed by atoms with Crippen molar-refractivity contribution in [3.05, 3.63) is 204 Å². The summed E-state index contributed by atoms with van der Waals surface area (Å²) in [5.41, 5.74) is 3.58. The molecule has 0 unspecified atom stereocenters. The van der Waals surface area contributed by atoms with Crippen molar-refractivity contribution < 1.29 is 96.5 Å². The molecule has 0 bridgehead atoms. The Kier molecular flexibility index (Phi) is 25.5. The summed E-state index contributed by atoms with van der Waals surface area (Å²) in [6.07, 6.45) is -14.2. The van der Waals surface area contributed by atoms with Gasteiger partial charge in [0, 0.05) is 12.6 Å². The number of benzene rings is 5. The van der Waals surface area contributed by atoms with Crippen molar-refractivity contribution in [2.75, 3.05) is 32.8 Å². The number of aliphatic hydroxyl groups is 4. The van der Waals surface area contributed by atoms with Gasteiger partial charge in [-0.2, -0.15) is 0 Å². The van der Waals surface area contributed by atoms with Crippen LogP contribution in [0, 0.1) is 0 Å². The highest BCUT2D eigenvalue weighted by Crippen LogP contribution is 2.35. The summed E-state index contributed by atoms with van der Waals surface area (Å²) in [6.45, 7) is -1.86. The Morgan fingerprint density at radius 1 is 0.418 bits per heavy atom. The number of aliphatic hydroxyl groups excluding tert-OH is 4. The Hall–Kier alpha value is -8.51. The Bertz CT molecular complexity index is 3110. The fraction of sp³-hybridized carbons (Fsp3) is 0.400. The standard InChI is InChI=1S/C65H76N6O20/c72-31-30-66-50-32-51(71-65(80)85-40-45-24-14-5-15-25-45)55(89-58-48(69-63(78)83-38-43-20-10-3-11-21-43)28-26-46(86-58)33-67-61(76)81-36-41-16-6-1-7-17-41)57(53(50)74)91-60-54(75)56(52(35-73)88-60)90-59-49(70-64(79)84-39-44-22-12-4-13-23-44)29-27-47(87-59)34-68-62(77)82-37-42-18-8-2-9-19-42/h1-29,46-60,66,72-75H,30-40H2,(H,67,76)(H,68,77)(H,69,78)(H,70,79)(H,71,80)/t46-,47+,48+,49+,50+,51-,52+,53-,54+,55+,56+,57+,58+,59+,60-/m0/s1. The molecule has 1 aliphatic carbocycles. The summed E-state index contributed by atoms with van der Waals surface area (Å²) in [5, 5.41) is 62.5. The first-order chi connectivity index (χ1) is 44.4. The topological polar surface area (TPSA) is 340 Å². The Balaban J connectivity index is 0.966. The van der Waals surface area contributed by atoms with Crippen LogP contribution in [-0.4, -0.2) is 176 Å². The predicted octanol–water partition coefficient (Wildman–Crippen LogP) is 4.24. The lowest BCUT2D eigenvalue weighted by atomic mass is 9.83. The number of ether oxygens (including phenoxy) is 11. The molecule has 4 aliphatic rings. The van der Waals surface area contributed by atoms with E-state index in [1.54, 1.807) is 127 Å². The van der Waals surface area contributed by atoms with Crippen LogP contribution in [0.15, 0.2) is 176 Å². The van der Waals surface area contributed by atoms with E-state index in [9.17, 15) is 44.4 Å². The summed E-state index contributed by atoms with van der Waals surface area (Å²) in [6, 6.07) is 40.4. The average molecular weight is 1260 g/mol. The zero-order valence-electron chi connectivity index (χ0n) is 49.5. The smallest absolute Gasteiger partial charge is 0.408 e. The molecule has 0 aromatic heterocycles. The molecule has 15 atom stereocenters. The highest BCUT2D eigenvalue weighted by molar-refractivity contribution is 5.69. The number of alkyl carbamates (subject to hydrolysis) is 5. The van der Waals surface area contributed by atoms with Crippen molar-refractivity contribution >= 4 is 30.5 Å². The van der Waals surface area contributed by atoms with E-state index in [1.165, 1.54) is 0 Å². The average Bonchev–Trinajstić information content (AvgIpc) is 1.88. The van der Waals surface area contributed by atoms with Gasteiger partial charge in [0.1, 0.15) is 75.6 Å². The van der Waals surface area contributed by atoms with Gasteiger partial charge in [0.15, 0.2) is 18.9 Å². The molecule has 1 saturated heterocycles. The monoisotopic (exact) mass is 1260 g/mol. The normalized spacial score (nSPS) is 26.7. The van der Waals surface area contributed by atoms with Gasteiger partial charge in [-0.1, -0.05) is 176 Å². The lowest BCUT2D eigenvalue weighted by molar-refractivity contribution is -0.282. The molecule has 91 heavy (non-hydrogen) atoms. The molecule has 9 rings (SSSR count). The minimum atomic E-state index is -1.83. The second kappa shape index (κ2) is 34.6. The van der Waals surface area contributed by atoms with Crippen molar-refractivity contribution in [1.29, 1.82) is 0 Å². The van der Waals surface area contributed by atoms with Crippen LogP contribution in [0.3, 0.4) is 0 Å². The van der Waals surface area contributed by atoms with E-state index in [2.05, 4.69) is 31.9 Å². The molecular formula is C65H76N6O20. The first-order valence-corrected chi connectivity index (χ1v) is 29.8. The molecule has 5 amide bonds. The van der Waals surface area contributed by atoms with E-state index < -0.39 is 129 Å². The molecule has 0 radical (unpaired) electrons. The largest absolute Gasteiger partial charge is 0.445 e. The number of carbonyl (C=O) groups is 5. The van der Waals surface area contributed by atoms with Gasteiger partial charge >= 0.3 is 30.5 Å². The SMILES string of the molecule is O=C(NC[C@H]1C=C[C@@H](NC(=O)OCc2ccccc2)[C@@H](O[C@H]2[C@@H](O)[C@H](O[C@@H]3[C@@H](O)[C@H](NCCO)C[C@H](NC(=O)OCc4ccccc4)[C@H]3O[C@H]3O[C@H](CNC(=O)OCc4ccccc4)C=C[C@H]3NC(=O)OCc3ccccc3)O[C@@H]2CO)O1)OCc1ccccc1. The molecule has 0 spiro atoms. The van der Waals surface area contributed by atoms with Crippen molar-refractivity contribution in [3.63, 3.8) is 0 Å². The van der Waals surface area contributed by atoms with Gasteiger partial charge in [0.25, 0.3) is 0 Å². The summed E-state index contributed by atoms with van der Waals surface area (Å²) in [4.78, 5) is 66.8. The van der Waals surface area contributed by atoms with Crippen LogP contribution in [0.2, 0.25) is 0 Å². The van der Waals surface area contributed by atoms with Crippen molar-refractivity contribution in [2.45, 2.75) is 131 Å². The molecule has 1 saturated carbocycles. The van der Waals surface area contributed by atoms with E-state index in [0.29, 0.717) is 16.7 Å². The quantitative estimate of drug-likeness (QED) is 0.0260. The lowest BCUT2D eigenvalue weighted by Crippen LogP contribution is -2.67. The van der Waals surface area contributed by atoms with Crippen molar-refractivity contribution in [3.8, 4) is 0 Å². The molecule has 2 fully saturated rings. The third kappa shape index (κ3) is 20.5. The number of nitrogens with one attached hydrogen (secondary N) is 6. The minimum absolute atomic E-state index is 0.00550. The summed E-state index contributed by atoms with van der Waals surface area (Å²) in [5.74, 6) is 0. The number of rotatable bonds is 27. The van der Waals surface area contributed by atoms with Gasteiger partial charge in [-0.3, -0.25) is 0 Å².